The van der Waals surface area contributed by atoms with Gasteiger partial charge in [-0.15, -0.1) is 11.6 Å². The maximum atomic E-state index is 11.6. The summed E-state index contributed by atoms with van der Waals surface area (Å²) in [7, 11) is 0. The van der Waals surface area contributed by atoms with Crippen LogP contribution in [0.4, 0.5) is 5.95 Å². The van der Waals surface area contributed by atoms with Crippen LogP contribution in [0.2, 0.25) is 0 Å². The van der Waals surface area contributed by atoms with E-state index in [1.54, 1.807) is 6.20 Å². The number of nitrogens with zero attached hydrogens (tertiary/aromatic N) is 2. The number of hydrogen-bond donors (Lipinski definition) is 1. The van der Waals surface area contributed by atoms with Crippen molar-refractivity contribution in [1.82, 2.24) is 9.97 Å². The van der Waals surface area contributed by atoms with Crippen molar-refractivity contribution in [1.29, 1.82) is 0 Å². The Kier molecular flexibility index (Phi) is 5.54. The highest BCUT2D eigenvalue weighted by Crippen LogP contribution is 2.20. The van der Waals surface area contributed by atoms with Crippen LogP contribution >= 0.6 is 11.6 Å². The molecule has 0 spiro atoms. The highest BCUT2D eigenvalue weighted by molar-refractivity contribution is 6.17. The molecule has 5 heteroatoms. The first kappa shape index (κ1) is 14.9. The van der Waals surface area contributed by atoms with Crippen molar-refractivity contribution >= 4 is 23.5 Å². The van der Waals surface area contributed by atoms with Gasteiger partial charge < -0.3 is 0 Å². The summed E-state index contributed by atoms with van der Waals surface area (Å²) in [4.78, 5) is 20.0. The van der Waals surface area contributed by atoms with Gasteiger partial charge in [-0.1, -0.05) is 20.8 Å². The van der Waals surface area contributed by atoms with E-state index in [9.17, 15) is 4.79 Å². The first-order valence-corrected chi connectivity index (χ1v) is 6.66. The molecule has 0 bridgehead atoms. The van der Waals surface area contributed by atoms with Crippen LogP contribution in [0.5, 0.6) is 0 Å². The number of carbonyl (C=O) groups excluding carboxylic acids is 1. The smallest absolute Gasteiger partial charge is 0.229 e. The molecule has 0 saturated heterocycles. The number of rotatable bonds is 5. The minimum atomic E-state index is -0.0637. The number of anilines is 1. The molecule has 0 aliphatic heterocycles. The van der Waals surface area contributed by atoms with E-state index in [0.29, 0.717) is 18.2 Å². The number of nitrogens with one attached hydrogen (secondary N) is 1. The molecular weight excluding hydrogens is 250 g/mol. The zero-order chi connectivity index (χ0) is 13.6. The predicted molar refractivity (Wildman–Crippen MR) is 73.9 cm³/mol. The molecule has 1 aromatic heterocycles. The third-order valence-corrected chi connectivity index (χ3v) is 2.73. The summed E-state index contributed by atoms with van der Waals surface area (Å²) in [5.74, 6) is 0.896. The number of aromatic nitrogens is 2. The summed E-state index contributed by atoms with van der Waals surface area (Å²) < 4.78 is 0. The molecule has 0 aromatic carbocycles. The van der Waals surface area contributed by atoms with Gasteiger partial charge in [-0.25, -0.2) is 9.97 Å². The van der Waals surface area contributed by atoms with Crippen LogP contribution in [-0.2, 0) is 10.2 Å². The molecule has 0 unspecified atom stereocenters. The minimum absolute atomic E-state index is 0.0545. The van der Waals surface area contributed by atoms with Gasteiger partial charge in [0.2, 0.25) is 11.9 Å². The van der Waals surface area contributed by atoms with Crippen molar-refractivity contribution in [3.63, 3.8) is 0 Å². The van der Waals surface area contributed by atoms with Crippen molar-refractivity contribution in [2.75, 3.05) is 11.2 Å². The highest BCUT2D eigenvalue weighted by atomic mass is 35.5. The molecule has 0 fully saturated rings. The Morgan fingerprint density at radius 1 is 1.39 bits per heavy atom. The first-order valence-electron chi connectivity index (χ1n) is 6.13. The van der Waals surface area contributed by atoms with E-state index in [0.717, 1.165) is 18.5 Å². The summed E-state index contributed by atoms with van der Waals surface area (Å²) >= 11 is 5.56. The Morgan fingerprint density at radius 3 is 2.72 bits per heavy atom. The lowest BCUT2D eigenvalue weighted by molar-refractivity contribution is -0.116. The highest BCUT2D eigenvalue weighted by Gasteiger charge is 2.16. The largest absolute Gasteiger partial charge is 0.295 e. The molecule has 1 rings (SSSR count). The lowest BCUT2D eigenvalue weighted by Gasteiger charge is -2.17. The van der Waals surface area contributed by atoms with E-state index < -0.39 is 0 Å². The fourth-order valence-electron chi connectivity index (χ4n) is 1.40. The van der Waals surface area contributed by atoms with Crippen LogP contribution in [0.1, 0.15) is 45.7 Å². The maximum absolute atomic E-state index is 11.6. The van der Waals surface area contributed by atoms with Crippen LogP contribution in [-0.4, -0.2) is 21.8 Å². The lowest BCUT2D eigenvalue weighted by Crippen LogP contribution is -2.18. The van der Waals surface area contributed by atoms with E-state index in [2.05, 4.69) is 36.1 Å². The second kappa shape index (κ2) is 6.69. The molecule has 1 N–H and O–H groups in total. The molecule has 1 amide bonds. The van der Waals surface area contributed by atoms with Gasteiger partial charge in [0.05, 0.1) is 5.69 Å². The Morgan fingerprint density at radius 2 is 2.11 bits per heavy atom. The van der Waals surface area contributed by atoms with Crippen LogP contribution in [0.15, 0.2) is 12.3 Å². The molecule has 100 valence electrons. The third-order valence-electron chi connectivity index (χ3n) is 2.46. The summed E-state index contributed by atoms with van der Waals surface area (Å²) in [6, 6.07) is 1.86. The molecule has 1 aromatic rings. The second-order valence-electron chi connectivity index (χ2n) is 5.21. The van der Waals surface area contributed by atoms with Crippen molar-refractivity contribution in [2.24, 2.45) is 0 Å². The number of hydrogen-bond acceptors (Lipinski definition) is 3. The number of halogens is 1. The van der Waals surface area contributed by atoms with Gasteiger partial charge in [0.15, 0.2) is 0 Å². The van der Waals surface area contributed by atoms with E-state index >= 15 is 0 Å². The Labute approximate surface area is 113 Å². The maximum Gasteiger partial charge on any atom is 0.229 e. The first-order chi connectivity index (χ1) is 8.43. The Hall–Kier alpha value is -1.16. The third kappa shape index (κ3) is 5.00. The van der Waals surface area contributed by atoms with Gasteiger partial charge in [-0.2, -0.15) is 0 Å². The molecule has 0 aliphatic rings. The second-order valence-corrected chi connectivity index (χ2v) is 5.59. The Bertz CT molecular complexity index is 401. The number of alkyl halides is 1. The van der Waals surface area contributed by atoms with Gasteiger partial charge in [-0.3, -0.25) is 10.1 Å². The molecule has 4 nitrogen and oxygen atoms in total. The van der Waals surface area contributed by atoms with Crippen molar-refractivity contribution in [3.05, 3.63) is 18.0 Å². The van der Waals surface area contributed by atoms with Crippen molar-refractivity contribution in [2.45, 2.75) is 45.4 Å². The van der Waals surface area contributed by atoms with Crippen LogP contribution in [0.25, 0.3) is 0 Å². The summed E-state index contributed by atoms with van der Waals surface area (Å²) in [6.07, 6.45) is 3.75. The minimum Gasteiger partial charge on any atom is -0.295 e. The van der Waals surface area contributed by atoms with Crippen LogP contribution < -0.4 is 5.32 Å². The SMILES string of the molecule is CC(C)(C)c1ccnc(NC(=O)CCCCCl)n1. The summed E-state index contributed by atoms with van der Waals surface area (Å²) in [5.41, 5.74) is 0.856. The predicted octanol–water partition coefficient (Wildman–Crippen LogP) is 3.12. The number of amides is 1. The van der Waals surface area contributed by atoms with Gasteiger partial charge in [0.25, 0.3) is 0 Å². The average molecular weight is 270 g/mol. The zero-order valence-electron chi connectivity index (χ0n) is 11.2. The fourth-order valence-corrected chi connectivity index (χ4v) is 1.59. The summed E-state index contributed by atoms with van der Waals surface area (Å²) in [5, 5.41) is 2.71. The lowest BCUT2D eigenvalue weighted by atomic mass is 9.92. The van der Waals surface area contributed by atoms with Crippen LogP contribution in [0, 0.1) is 0 Å². The molecule has 0 radical (unpaired) electrons. The van der Waals surface area contributed by atoms with Crippen molar-refractivity contribution < 1.29 is 4.79 Å². The molecular formula is C13H20ClN3O. The van der Waals surface area contributed by atoms with E-state index in [1.807, 2.05) is 6.07 Å². The monoisotopic (exact) mass is 269 g/mol. The average Bonchev–Trinajstić information content (AvgIpc) is 2.28. The van der Waals surface area contributed by atoms with Crippen LogP contribution in [0.3, 0.4) is 0 Å². The Balaban J connectivity index is 2.60. The number of unbranched alkanes of at least 4 members (excludes halogenated alkanes) is 1. The molecule has 1 heterocycles. The van der Waals surface area contributed by atoms with E-state index in [4.69, 9.17) is 11.6 Å². The summed E-state index contributed by atoms with van der Waals surface area (Å²) in [6.45, 7) is 6.21. The number of carbonyl (C=O) groups is 1. The molecule has 0 saturated carbocycles. The van der Waals surface area contributed by atoms with Gasteiger partial charge in [0, 0.05) is 23.9 Å². The quantitative estimate of drug-likeness (QED) is 0.660. The zero-order valence-corrected chi connectivity index (χ0v) is 11.9. The standard InChI is InChI=1S/C13H20ClN3O/c1-13(2,3)10-7-9-15-12(16-10)17-11(18)6-4-5-8-14/h7,9H,4-6,8H2,1-3H3,(H,15,16,17,18). The van der Waals surface area contributed by atoms with Gasteiger partial charge in [-0.05, 0) is 18.9 Å². The van der Waals surface area contributed by atoms with Gasteiger partial charge >= 0.3 is 0 Å². The molecule has 0 atom stereocenters. The fraction of sp³-hybridized carbons (Fsp3) is 0.615. The van der Waals surface area contributed by atoms with E-state index in [1.165, 1.54) is 0 Å². The van der Waals surface area contributed by atoms with Gasteiger partial charge in [0.1, 0.15) is 0 Å². The van der Waals surface area contributed by atoms with E-state index in [-0.39, 0.29) is 11.3 Å². The topological polar surface area (TPSA) is 54.9 Å². The normalized spacial score (nSPS) is 11.3. The van der Waals surface area contributed by atoms with Crippen molar-refractivity contribution in [3.8, 4) is 0 Å². The molecule has 18 heavy (non-hydrogen) atoms. The molecule has 0 aliphatic carbocycles.